The van der Waals surface area contributed by atoms with E-state index < -0.39 is 15.3 Å². The highest BCUT2D eigenvalue weighted by atomic mass is 35.6. The minimum Gasteiger partial charge on any atom is -0.432 e. The molecule has 0 aliphatic rings. The van der Waals surface area contributed by atoms with Gasteiger partial charge in [-0.05, 0) is 22.2 Å². The van der Waals surface area contributed by atoms with Gasteiger partial charge in [0.15, 0.2) is 0 Å². The molecule has 0 amide bonds. The standard InChI is InChI=1S/C12H28Cl2OSi2.ClH/c1-9(2)16(13,10(3)4)15-17(14,11(5)6)12(7)8;/h9-12H,1-8H3;1H. The number of hydrogen-bond donors (Lipinski definition) is 0. The Labute approximate surface area is 131 Å². The van der Waals surface area contributed by atoms with Crippen LogP contribution in [-0.2, 0) is 4.12 Å². The normalized spacial score (nSPS) is 13.7. The summed E-state index contributed by atoms with van der Waals surface area (Å²) in [6, 6.07) is 0. The van der Waals surface area contributed by atoms with Crippen LogP contribution < -0.4 is 0 Å². The molecule has 0 N–H and O–H groups in total. The van der Waals surface area contributed by atoms with Crippen molar-refractivity contribution < 1.29 is 4.12 Å². The summed E-state index contributed by atoms with van der Waals surface area (Å²) in [5.41, 5.74) is 1.53. The zero-order chi connectivity index (χ0) is 14.0. The lowest BCUT2D eigenvalue weighted by Crippen LogP contribution is -2.52. The molecule has 0 aromatic rings. The summed E-state index contributed by atoms with van der Waals surface area (Å²) >= 11 is 13.7. The Hall–Kier alpha value is 1.26. The minimum absolute atomic E-state index is 0. The molecule has 112 valence electrons. The lowest BCUT2D eigenvalue weighted by atomic mass is 10.5. The van der Waals surface area contributed by atoms with Crippen LogP contribution in [0.15, 0.2) is 0 Å². The van der Waals surface area contributed by atoms with Crippen LogP contribution in [-0.4, -0.2) is 15.3 Å². The van der Waals surface area contributed by atoms with Crippen LogP contribution in [0.2, 0.25) is 22.2 Å². The molecule has 0 heterocycles. The van der Waals surface area contributed by atoms with Crippen molar-refractivity contribution in [3.8, 4) is 0 Å². The first-order chi connectivity index (χ1) is 7.48. The molecular formula is C12H29Cl3OSi2. The molecule has 0 saturated heterocycles. The lowest BCUT2D eigenvalue weighted by Gasteiger charge is -2.43. The topological polar surface area (TPSA) is 9.23 Å². The number of rotatable bonds is 6. The lowest BCUT2D eigenvalue weighted by molar-refractivity contribution is 0.498. The van der Waals surface area contributed by atoms with Crippen molar-refractivity contribution in [2.75, 3.05) is 0 Å². The fraction of sp³-hybridized carbons (Fsp3) is 1.00. The van der Waals surface area contributed by atoms with Crippen LogP contribution in [0.25, 0.3) is 0 Å². The van der Waals surface area contributed by atoms with E-state index in [9.17, 15) is 0 Å². The quantitative estimate of drug-likeness (QED) is 0.396. The van der Waals surface area contributed by atoms with Crippen molar-refractivity contribution in [2.24, 2.45) is 0 Å². The molecule has 0 unspecified atom stereocenters. The molecule has 0 spiro atoms. The van der Waals surface area contributed by atoms with Gasteiger partial charge < -0.3 is 4.12 Å². The van der Waals surface area contributed by atoms with Crippen LogP contribution in [0.1, 0.15) is 55.4 Å². The summed E-state index contributed by atoms with van der Waals surface area (Å²) in [5, 5.41) is 0. The van der Waals surface area contributed by atoms with Crippen LogP contribution >= 0.6 is 34.6 Å². The van der Waals surface area contributed by atoms with Gasteiger partial charge in [-0.15, -0.1) is 34.6 Å². The summed E-state index contributed by atoms with van der Waals surface area (Å²) in [5.74, 6) is 0. The van der Waals surface area contributed by atoms with Gasteiger partial charge in [0.05, 0.1) is 0 Å². The maximum atomic E-state index is 6.85. The Morgan fingerprint density at radius 3 is 0.889 bits per heavy atom. The third-order valence-corrected chi connectivity index (χ3v) is 18.9. The third kappa shape index (κ3) is 4.67. The average molecular weight is 352 g/mol. The average Bonchev–Trinajstić information content (AvgIpc) is 2.15. The van der Waals surface area contributed by atoms with E-state index in [0.29, 0.717) is 22.2 Å². The molecule has 0 saturated carbocycles. The molecule has 0 rings (SSSR count). The van der Waals surface area contributed by atoms with Crippen molar-refractivity contribution in [1.82, 2.24) is 0 Å². The molecule has 6 heteroatoms. The summed E-state index contributed by atoms with van der Waals surface area (Å²) < 4.78 is 6.48. The van der Waals surface area contributed by atoms with E-state index in [0.717, 1.165) is 0 Å². The Bertz CT molecular complexity index is 205. The number of hydrogen-bond acceptors (Lipinski definition) is 1. The monoisotopic (exact) mass is 350 g/mol. The predicted molar refractivity (Wildman–Crippen MR) is 91.9 cm³/mol. The van der Waals surface area contributed by atoms with Gasteiger partial charge in [-0.2, -0.15) is 0 Å². The van der Waals surface area contributed by atoms with Crippen LogP contribution in [0.4, 0.5) is 0 Å². The SMILES string of the molecule is CC(C)[Si](Cl)(O[Si](Cl)(C(C)C)C(C)C)C(C)C.Cl. The summed E-state index contributed by atoms with van der Waals surface area (Å²) in [7, 11) is -4.53. The second kappa shape index (κ2) is 7.89. The van der Waals surface area contributed by atoms with Gasteiger partial charge >= 0.3 is 0 Å². The predicted octanol–water partition coefficient (Wildman–Crippen LogP) is 6.43. The Morgan fingerprint density at radius 2 is 0.778 bits per heavy atom. The molecule has 0 aromatic heterocycles. The van der Waals surface area contributed by atoms with Gasteiger partial charge in [0, 0.05) is 0 Å². The van der Waals surface area contributed by atoms with E-state index in [1.54, 1.807) is 0 Å². The molecule has 0 aliphatic carbocycles. The van der Waals surface area contributed by atoms with Gasteiger partial charge in [-0.25, -0.2) is 0 Å². The van der Waals surface area contributed by atoms with Gasteiger partial charge in [-0.3, -0.25) is 0 Å². The highest BCUT2D eigenvalue weighted by Crippen LogP contribution is 2.46. The first-order valence-electron chi connectivity index (χ1n) is 6.56. The fourth-order valence-electron chi connectivity index (χ4n) is 2.04. The smallest absolute Gasteiger partial charge is 0.286 e. The molecule has 0 aromatic carbocycles. The van der Waals surface area contributed by atoms with Crippen molar-refractivity contribution in [2.45, 2.75) is 77.6 Å². The Kier molecular flexibility index (Phi) is 9.45. The van der Waals surface area contributed by atoms with Crippen LogP contribution in [0.3, 0.4) is 0 Å². The maximum absolute atomic E-state index is 6.85. The highest BCUT2D eigenvalue weighted by molar-refractivity contribution is 7.27. The highest BCUT2D eigenvalue weighted by Gasteiger charge is 2.51. The van der Waals surface area contributed by atoms with E-state index in [4.69, 9.17) is 26.3 Å². The molecule has 0 atom stereocenters. The largest absolute Gasteiger partial charge is 0.432 e. The Morgan fingerprint density at radius 1 is 0.611 bits per heavy atom. The van der Waals surface area contributed by atoms with Crippen molar-refractivity contribution in [3.05, 3.63) is 0 Å². The second-order valence-electron chi connectivity index (χ2n) is 6.12. The molecule has 0 bridgehead atoms. The van der Waals surface area contributed by atoms with Gasteiger partial charge in [0.2, 0.25) is 0 Å². The molecule has 0 radical (unpaired) electrons. The minimum atomic E-state index is -2.26. The van der Waals surface area contributed by atoms with Crippen molar-refractivity contribution in [1.29, 1.82) is 0 Å². The third-order valence-electron chi connectivity index (χ3n) is 3.46. The second-order valence-corrected chi connectivity index (χ2v) is 17.9. The number of halogens is 3. The van der Waals surface area contributed by atoms with E-state index in [2.05, 4.69) is 55.4 Å². The molecule has 0 aliphatic heterocycles. The molecule has 18 heavy (non-hydrogen) atoms. The van der Waals surface area contributed by atoms with Gasteiger partial charge in [0.25, 0.3) is 15.3 Å². The summed E-state index contributed by atoms with van der Waals surface area (Å²) in [6.07, 6.45) is 0. The van der Waals surface area contributed by atoms with E-state index in [1.165, 1.54) is 0 Å². The van der Waals surface area contributed by atoms with Crippen molar-refractivity contribution in [3.63, 3.8) is 0 Å². The molecular weight excluding hydrogens is 323 g/mol. The van der Waals surface area contributed by atoms with E-state index in [1.807, 2.05) is 0 Å². The summed E-state index contributed by atoms with van der Waals surface area (Å²) in [4.78, 5) is 0. The van der Waals surface area contributed by atoms with Gasteiger partial charge in [-0.1, -0.05) is 55.4 Å². The zero-order valence-electron chi connectivity index (χ0n) is 12.9. The first-order valence-corrected chi connectivity index (χ1v) is 12.7. The summed E-state index contributed by atoms with van der Waals surface area (Å²) in [6.45, 7) is 17.3. The fourth-order valence-corrected chi connectivity index (χ4v) is 13.1. The van der Waals surface area contributed by atoms with Gasteiger partial charge in [0.1, 0.15) is 0 Å². The van der Waals surface area contributed by atoms with E-state index >= 15 is 0 Å². The zero-order valence-corrected chi connectivity index (χ0v) is 17.2. The van der Waals surface area contributed by atoms with Crippen LogP contribution in [0, 0.1) is 0 Å². The van der Waals surface area contributed by atoms with E-state index in [-0.39, 0.29) is 12.4 Å². The Balaban J connectivity index is 0. The molecule has 0 fully saturated rings. The van der Waals surface area contributed by atoms with Crippen molar-refractivity contribution >= 4 is 49.8 Å². The first kappa shape index (κ1) is 21.6. The van der Waals surface area contributed by atoms with Crippen LogP contribution in [0.5, 0.6) is 0 Å². The maximum Gasteiger partial charge on any atom is 0.286 e. The molecule has 1 nitrogen and oxygen atoms in total.